The lowest BCUT2D eigenvalue weighted by atomic mass is 10.1. The highest BCUT2D eigenvalue weighted by molar-refractivity contribution is 9.10. The van der Waals surface area contributed by atoms with E-state index in [1.165, 1.54) is 0 Å². The van der Waals surface area contributed by atoms with E-state index in [4.69, 9.17) is 4.74 Å². The fraction of sp³-hybridized carbons (Fsp3) is 0.227. The Bertz CT molecular complexity index is 971. The van der Waals surface area contributed by atoms with E-state index in [0.717, 1.165) is 33.1 Å². The third kappa shape index (κ3) is 5.16. The average Bonchev–Trinajstić information content (AvgIpc) is 2.97. The van der Waals surface area contributed by atoms with Gasteiger partial charge in [0.15, 0.2) is 5.78 Å². The molecular formula is C22H20BrNO4S. The van der Waals surface area contributed by atoms with Crippen molar-refractivity contribution in [3.05, 3.63) is 69.0 Å². The second-order valence-electron chi connectivity index (χ2n) is 6.57. The lowest BCUT2D eigenvalue weighted by Gasteiger charge is -2.15. The summed E-state index contributed by atoms with van der Waals surface area (Å²) in [4.78, 5) is 38.8. The fourth-order valence-electron chi connectivity index (χ4n) is 2.66. The normalized spacial score (nSPS) is 16.4. The molecule has 0 radical (unpaired) electrons. The molecule has 1 heterocycles. The number of imide groups is 1. The SMILES string of the molecule is CC[C@H](C)Oc1ccccc1/C=C1/SC(=O)N(CC(=O)c2ccc(Br)cc2)C1=O. The maximum Gasteiger partial charge on any atom is 0.293 e. The zero-order chi connectivity index (χ0) is 21.0. The summed E-state index contributed by atoms with van der Waals surface area (Å²) in [6.07, 6.45) is 2.53. The monoisotopic (exact) mass is 473 g/mol. The second-order valence-corrected chi connectivity index (χ2v) is 8.48. The highest BCUT2D eigenvalue weighted by Gasteiger charge is 2.36. The molecule has 29 heavy (non-hydrogen) atoms. The van der Waals surface area contributed by atoms with E-state index in [1.54, 1.807) is 30.3 Å². The van der Waals surface area contributed by atoms with E-state index in [9.17, 15) is 14.4 Å². The lowest BCUT2D eigenvalue weighted by Crippen LogP contribution is -2.33. The van der Waals surface area contributed by atoms with E-state index in [0.29, 0.717) is 11.3 Å². The number of thioether (sulfide) groups is 1. The number of Topliss-reactive ketones (excluding diaryl/α,β-unsaturated/α-hetero) is 1. The molecule has 1 aliphatic rings. The standard InChI is InChI=1S/C22H20BrNO4S/c1-3-14(2)28-19-7-5-4-6-16(19)12-20-21(26)24(22(27)29-20)13-18(25)15-8-10-17(23)11-9-15/h4-12,14H,3,13H2,1-2H3/b20-12+/t14-/m0/s1. The van der Waals surface area contributed by atoms with E-state index >= 15 is 0 Å². The Hall–Kier alpha value is -2.38. The van der Waals surface area contributed by atoms with Crippen LogP contribution in [0.4, 0.5) is 4.79 Å². The zero-order valence-corrected chi connectivity index (χ0v) is 18.5. The highest BCUT2D eigenvalue weighted by atomic mass is 79.9. The van der Waals surface area contributed by atoms with Gasteiger partial charge in [0.2, 0.25) is 0 Å². The maximum atomic E-state index is 12.7. The van der Waals surface area contributed by atoms with Crippen molar-refractivity contribution in [2.45, 2.75) is 26.4 Å². The van der Waals surface area contributed by atoms with Crippen LogP contribution >= 0.6 is 27.7 Å². The van der Waals surface area contributed by atoms with Gasteiger partial charge in [0.25, 0.3) is 11.1 Å². The van der Waals surface area contributed by atoms with Crippen molar-refractivity contribution in [3.8, 4) is 5.75 Å². The largest absolute Gasteiger partial charge is 0.490 e. The van der Waals surface area contributed by atoms with Crippen LogP contribution in [0.2, 0.25) is 0 Å². The molecule has 1 fully saturated rings. The molecule has 0 N–H and O–H groups in total. The molecule has 1 saturated heterocycles. The van der Waals surface area contributed by atoms with Crippen LogP contribution in [0.5, 0.6) is 5.75 Å². The van der Waals surface area contributed by atoms with Gasteiger partial charge in [0.1, 0.15) is 5.75 Å². The molecule has 0 aliphatic carbocycles. The first kappa shape index (κ1) is 21.3. The minimum atomic E-state index is -0.469. The van der Waals surface area contributed by atoms with Crippen molar-refractivity contribution < 1.29 is 19.1 Å². The minimum Gasteiger partial charge on any atom is -0.490 e. The number of benzene rings is 2. The third-order valence-electron chi connectivity index (χ3n) is 4.45. The number of ketones is 1. The number of rotatable bonds is 7. The molecule has 2 aromatic carbocycles. The van der Waals surface area contributed by atoms with E-state index in [1.807, 2.05) is 38.1 Å². The molecule has 0 unspecified atom stereocenters. The summed E-state index contributed by atoms with van der Waals surface area (Å²) in [5.74, 6) is -0.107. The van der Waals surface area contributed by atoms with Crippen molar-refractivity contribution in [2.75, 3.05) is 6.54 Å². The van der Waals surface area contributed by atoms with Crippen LogP contribution in [-0.4, -0.2) is 34.5 Å². The van der Waals surface area contributed by atoms with E-state index in [2.05, 4.69) is 15.9 Å². The van der Waals surface area contributed by atoms with Gasteiger partial charge in [0, 0.05) is 15.6 Å². The number of carbonyl (C=O) groups is 3. The van der Waals surface area contributed by atoms with Gasteiger partial charge in [-0.1, -0.05) is 53.2 Å². The number of amides is 2. The number of para-hydroxylation sites is 1. The number of ether oxygens (including phenoxy) is 1. The molecular weight excluding hydrogens is 454 g/mol. The predicted octanol–water partition coefficient (Wildman–Crippen LogP) is 5.55. The van der Waals surface area contributed by atoms with Crippen LogP contribution in [-0.2, 0) is 4.79 Å². The van der Waals surface area contributed by atoms with Gasteiger partial charge in [-0.05, 0) is 49.4 Å². The van der Waals surface area contributed by atoms with Crippen molar-refractivity contribution in [1.29, 1.82) is 0 Å². The van der Waals surface area contributed by atoms with Gasteiger partial charge in [-0.2, -0.15) is 0 Å². The summed E-state index contributed by atoms with van der Waals surface area (Å²) in [5, 5.41) is -0.452. The highest BCUT2D eigenvalue weighted by Crippen LogP contribution is 2.34. The summed E-state index contributed by atoms with van der Waals surface area (Å²) in [7, 11) is 0. The first-order valence-corrected chi connectivity index (χ1v) is 10.8. The van der Waals surface area contributed by atoms with E-state index < -0.39 is 11.1 Å². The fourth-order valence-corrected chi connectivity index (χ4v) is 3.75. The van der Waals surface area contributed by atoms with Crippen LogP contribution in [0.3, 0.4) is 0 Å². The number of nitrogens with zero attached hydrogens (tertiary/aromatic N) is 1. The molecule has 7 heteroatoms. The first-order chi connectivity index (χ1) is 13.9. The van der Waals surface area contributed by atoms with Gasteiger partial charge in [-0.15, -0.1) is 0 Å². The lowest BCUT2D eigenvalue weighted by molar-refractivity contribution is -0.122. The van der Waals surface area contributed by atoms with Crippen molar-refractivity contribution in [1.82, 2.24) is 4.90 Å². The molecule has 5 nitrogen and oxygen atoms in total. The van der Waals surface area contributed by atoms with Gasteiger partial charge < -0.3 is 4.74 Å². The molecule has 0 aromatic heterocycles. The third-order valence-corrected chi connectivity index (χ3v) is 5.89. The Balaban J connectivity index is 1.78. The number of carbonyl (C=O) groups excluding carboxylic acids is 3. The van der Waals surface area contributed by atoms with Crippen LogP contribution in [0.25, 0.3) is 6.08 Å². The van der Waals surface area contributed by atoms with Crippen LogP contribution in [0.1, 0.15) is 36.2 Å². The molecule has 150 valence electrons. The van der Waals surface area contributed by atoms with Crippen LogP contribution in [0, 0.1) is 0 Å². The molecule has 2 amide bonds. The summed E-state index contributed by atoms with van der Waals surface area (Å²) in [6, 6.07) is 14.2. The molecule has 0 bridgehead atoms. The molecule has 3 rings (SSSR count). The van der Waals surface area contributed by atoms with Crippen molar-refractivity contribution in [3.63, 3.8) is 0 Å². The van der Waals surface area contributed by atoms with Crippen molar-refractivity contribution >= 4 is 50.7 Å². The smallest absolute Gasteiger partial charge is 0.293 e. The topological polar surface area (TPSA) is 63.7 Å². The van der Waals surface area contributed by atoms with E-state index in [-0.39, 0.29) is 23.3 Å². The van der Waals surface area contributed by atoms with Gasteiger partial charge >= 0.3 is 0 Å². The first-order valence-electron chi connectivity index (χ1n) is 9.19. The van der Waals surface area contributed by atoms with Gasteiger partial charge in [-0.3, -0.25) is 19.3 Å². The van der Waals surface area contributed by atoms with Crippen LogP contribution in [0.15, 0.2) is 57.9 Å². The molecule has 1 aliphatic heterocycles. The molecule has 1 atom stereocenters. The zero-order valence-electron chi connectivity index (χ0n) is 16.1. The molecule has 0 saturated carbocycles. The summed E-state index contributed by atoms with van der Waals surface area (Å²) < 4.78 is 6.75. The quantitative estimate of drug-likeness (QED) is 0.389. The number of halogens is 1. The maximum absolute atomic E-state index is 12.7. The number of hydrogen-bond acceptors (Lipinski definition) is 5. The summed E-state index contributed by atoms with van der Waals surface area (Å²) in [6.45, 7) is 3.72. The summed E-state index contributed by atoms with van der Waals surface area (Å²) in [5.41, 5.74) is 1.17. The Morgan fingerprint density at radius 2 is 1.86 bits per heavy atom. The van der Waals surface area contributed by atoms with Crippen molar-refractivity contribution in [2.24, 2.45) is 0 Å². The summed E-state index contributed by atoms with van der Waals surface area (Å²) >= 11 is 4.15. The average molecular weight is 474 g/mol. The molecule has 0 spiro atoms. The number of hydrogen-bond donors (Lipinski definition) is 0. The van der Waals surface area contributed by atoms with Crippen LogP contribution < -0.4 is 4.74 Å². The Morgan fingerprint density at radius 1 is 1.17 bits per heavy atom. The Morgan fingerprint density at radius 3 is 2.55 bits per heavy atom. The predicted molar refractivity (Wildman–Crippen MR) is 118 cm³/mol. The molecule has 2 aromatic rings. The Labute approximate surface area is 182 Å². The second kappa shape index (κ2) is 9.41. The van der Waals surface area contributed by atoms with Gasteiger partial charge in [0.05, 0.1) is 17.6 Å². The minimum absolute atomic E-state index is 0.0307. The van der Waals surface area contributed by atoms with Gasteiger partial charge in [-0.25, -0.2) is 0 Å². The Kier molecular flexibility index (Phi) is 6.92.